The van der Waals surface area contributed by atoms with Crippen molar-refractivity contribution >= 4 is 23.7 Å². The molecule has 166 valence electrons. The van der Waals surface area contributed by atoms with E-state index in [1.165, 1.54) is 30.8 Å². The fraction of sp³-hybridized carbons (Fsp3) is 0.333. The van der Waals surface area contributed by atoms with Gasteiger partial charge in [-0.1, -0.05) is 30.3 Å². The number of fused-ring (bicyclic) bond motifs is 1. The van der Waals surface area contributed by atoms with Gasteiger partial charge in [0.25, 0.3) is 17.7 Å². The van der Waals surface area contributed by atoms with Crippen molar-refractivity contribution in [2.24, 2.45) is 0 Å². The summed E-state index contributed by atoms with van der Waals surface area (Å²) in [5.74, 6) is -1.81. The molecule has 4 rings (SSSR count). The first-order valence-corrected chi connectivity index (χ1v) is 10.6. The molecule has 0 aliphatic carbocycles. The number of hydrogen-bond donors (Lipinski definition) is 0. The number of benzene rings is 2. The molecule has 0 bridgehead atoms. The molecule has 8 heteroatoms. The largest absolute Gasteiger partial charge is 0.449 e. The summed E-state index contributed by atoms with van der Waals surface area (Å²) in [6, 6.07) is 14.4. The van der Waals surface area contributed by atoms with E-state index in [9.17, 15) is 19.2 Å². The van der Waals surface area contributed by atoms with Gasteiger partial charge < -0.3 is 9.64 Å². The number of rotatable bonds is 5. The summed E-state index contributed by atoms with van der Waals surface area (Å²) in [5, 5.41) is 0. The summed E-state index contributed by atoms with van der Waals surface area (Å²) in [7, 11) is 1.39. The molecule has 0 aromatic heterocycles. The highest BCUT2D eigenvalue weighted by atomic mass is 16.5. The number of piperazine rings is 1. The van der Waals surface area contributed by atoms with Gasteiger partial charge in [-0.2, -0.15) is 0 Å². The van der Waals surface area contributed by atoms with Crippen molar-refractivity contribution in [3.8, 4) is 0 Å². The Balaban J connectivity index is 1.32. The first-order chi connectivity index (χ1) is 15.3. The van der Waals surface area contributed by atoms with Gasteiger partial charge in [-0.15, -0.1) is 0 Å². The number of amides is 3. The predicted molar refractivity (Wildman–Crippen MR) is 116 cm³/mol. The number of ether oxygens (including phenoxy) is 1. The van der Waals surface area contributed by atoms with Crippen molar-refractivity contribution in [3.05, 3.63) is 70.8 Å². The van der Waals surface area contributed by atoms with E-state index >= 15 is 0 Å². The van der Waals surface area contributed by atoms with Crippen molar-refractivity contribution in [1.29, 1.82) is 0 Å². The van der Waals surface area contributed by atoms with Crippen molar-refractivity contribution in [2.75, 3.05) is 33.2 Å². The minimum Gasteiger partial charge on any atom is -0.449 e. The smallest absolute Gasteiger partial charge is 0.338 e. The van der Waals surface area contributed by atoms with Gasteiger partial charge in [0.05, 0.1) is 16.7 Å². The molecule has 0 spiro atoms. The standard InChI is InChI=1S/C24H25N3O5/c1-16(21(28)27-12-10-26(11-13-27)15-17-6-4-3-5-7-17)32-24(31)18-8-9-19-20(14-18)23(30)25(2)22(19)29/h3-9,14,16H,10-13,15H2,1-2H3. The average molecular weight is 435 g/mol. The van der Waals surface area contributed by atoms with Crippen LogP contribution in [0.3, 0.4) is 0 Å². The summed E-state index contributed by atoms with van der Waals surface area (Å²) in [6.45, 7) is 5.00. The Bertz CT molecular complexity index is 1060. The molecule has 8 nitrogen and oxygen atoms in total. The molecular formula is C24H25N3O5. The summed E-state index contributed by atoms with van der Waals surface area (Å²) in [5.41, 5.74) is 1.79. The molecule has 0 radical (unpaired) electrons. The van der Waals surface area contributed by atoms with E-state index in [4.69, 9.17) is 4.74 Å². The molecule has 1 atom stereocenters. The number of carbonyl (C=O) groups is 4. The summed E-state index contributed by atoms with van der Waals surface area (Å²) in [4.78, 5) is 54.5. The van der Waals surface area contributed by atoms with E-state index in [2.05, 4.69) is 17.0 Å². The van der Waals surface area contributed by atoms with Crippen LogP contribution in [0.2, 0.25) is 0 Å². The Hall–Kier alpha value is -3.52. The van der Waals surface area contributed by atoms with Gasteiger partial charge in [0, 0.05) is 39.8 Å². The molecule has 2 aliphatic rings. The average Bonchev–Trinajstić information content (AvgIpc) is 3.03. The van der Waals surface area contributed by atoms with E-state index in [0.29, 0.717) is 13.1 Å². The van der Waals surface area contributed by atoms with Crippen LogP contribution in [0.5, 0.6) is 0 Å². The molecular weight excluding hydrogens is 410 g/mol. The Morgan fingerprint density at radius 2 is 1.59 bits per heavy atom. The van der Waals surface area contributed by atoms with Crippen LogP contribution in [0.4, 0.5) is 0 Å². The lowest BCUT2D eigenvalue weighted by Gasteiger charge is -2.35. The number of imide groups is 1. The van der Waals surface area contributed by atoms with E-state index < -0.39 is 23.9 Å². The lowest BCUT2D eigenvalue weighted by atomic mass is 10.1. The quantitative estimate of drug-likeness (QED) is 0.526. The Morgan fingerprint density at radius 1 is 0.938 bits per heavy atom. The lowest BCUT2D eigenvalue weighted by molar-refractivity contribution is -0.141. The fourth-order valence-corrected chi connectivity index (χ4v) is 3.99. The minimum atomic E-state index is -0.948. The van der Waals surface area contributed by atoms with Crippen LogP contribution in [-0.2, 0) is 16.1 Å². The zero-order chi connectivity index (χ0) is 22.8. The minimum absolute atomic E-state index is 0.132. The van der Waals surface area contributed by atoms with Gasteiger partial charge in [0.1, 0.15) is 0 Å². The highest BCUT2D eigenvalue weighted by Crippen LogP contribution is 2.23. The van der Waals surface area contributed by atoms with E-state index in [0.717, 1.165) is 24.5 Å². The SMILES string of the molecule is CC(OC(=O)c1ccc2c(c1)C(=O)N(C)C2=O)C(=O)N1CCN(Cc2ccccc2)CC1. The zero-order valence-electron chi connectivity index (χ0n) is 18.1. The third kappa shape index (κ3) is 4.27. The topological polar surface area (TPSA) is 87.2 Å². The second-order valence-electron chi connectivity index (χ2n) is 8.06. The van der Waals surface area contributed by atoms with Crippen LogP contribution in [0.25, 0.3) is 0 Å². The normalized spacial score (nSPS) is 17.3. The lowest BCUT2D eigenvalue weighted by Crippen LogP contribution is -2.51. The second kappa shape index (κ2) is 8.92. The molecule has 2 heterocycles. The summed E-state index contributed by atoms with van der Waals surface area (Å²) < 4.78 is 5.37. The summed E-state index contributed by atoms with van der Waals surface area (Å²) in [6.07, 6.45) is -0.948. The third-order valence-electron chi connectivity index (χ3n) is 5.89. The van der Waals surface area contributed by atoms with Crippen LogP contribution >= 0.6 is 0 Å². The van der Waals surface area contributed by atoms with Gasteiger partial charge in [0.2, 0.25) is 0 Å². The van der Waals surface area contributed by atoms with Crippen molar-refractivity contribution < 1.29 is 23.9 Å². The van der Waals surface area contributed by atoms with Crippen LogP contribution in [0.15, 0.2) is 48.5 Å². The van der Waals surface area contributed by atoms with Gasteiger partial charge in [-0.05, 0) is 30.7 Å². The molecule has 0 saturated carbocycles. The zero-order valence-corrected chi connectivity index (χ0v) is 18.1. The van der Waals surface area contributed by atoms with Gasteiger partial charge >= 0.3 is 5.97 Å². The van der Waals surface area contributed by atoms with Crippen molar-refractivity contribution in [3.63, 3.8) is 0 Å². The van der Waals surface area contributed by atoms with Crippen LogP contribution < -0.4 is 0 Å². The molecule has 0 N–H and O–H groups in total. The summed E-state index contributed by atoms with van der Waals surface area (Å²) >= 11 is 0. The number of esters is 1. The first kappa shape index (κ1) is 21.7. The van der Waals surface area contributed by atoms with Gasteiger partial charge in [-0.3, -0.25) is 24.2 Å². The highest BCUT2D eigenvalue weighted by molar-refractivity contribution is 6.21. The monoisotopic (exact) mass is 435 g/mol. The maximum atomic E-state index is 12.8. The molecule has 3 amide bonds. The van der Waals surface area contributed by atoms with Crippen LogP contribution in [-0.4, -0.2) is 77.7 Å². The molecule has 1 fully saturated rings. The number of carbonyl (C=O) groups excluding carboxylic acids is 4. The Morgan fingerprint density at radius 3 is 2.28 bits per heavy atom. The Kier molecular flexibility index (Phi) is 6.05. The predicted octanol–water partition coefficient (Wildman–Crippen LogP) is 1.80. The van der Waals surface area contributed by atoms with Crippen molar-refractivity contribution in [2.45, 2.75) is 19.6 Å². The molecule has 2 aromatic rings. The molecule has 1 saturated heterocycles. The first-order valence-electron chi connectivity index (χ1n) is 10.6. The fourth-order valence-electron chi connectivity index (χ4n) is 3.99. The third-order valence-corrected chi connectivity index (χ3v) is 5.89. The van der Waals surface area contributed by atoms with Gasteiger partial charge in [0.15, 0.2) is 6.10 Å². The highest BCUT2D eigenvalue weighted by Gasteiger charge is 2.34. The molecule has 2 aliphatic heterocycles. The molecule has 1 unspecified atom stereocenters. The van der Waals surface area contributed by atoms with Gasteiger partial charge in [-0.25, -0.2) is 4.79 Å². The van der Waals surface area contributed by atoms with E-state index in [1.54, 1.807) is 11.8 Å². The maximum absolute atomic E-state index is 12.8. The van der Waals surface area contributed by atoms with Crippen LogP contribution in [0, 0.1) is 0 Å². The second-order valence-corrected chi connectivity index (χ2v) is 8.06. The molecule has 32 heavy (non-hydrogen) atoms. The number of hydrogen-bond acceptors (Lipinski definition) is 6. The van der Waals surface area contributed by atoms with E-state index in [1.807, 2.05) is 18.2 Å². The van der Waals surface area contributed by atoms with Crippen molar-refractivity contribution in [1.82, 2.24) is 14.7 Å². The number of nitrogens with zero attached hydrogens (tertiary/aromatic N) is 3. The Labute approximate surface area is 186 Å². The van der Waals surface area contributed by atoms with Crippen LogP contribution in [0.1, 0.15) is 43.6 Å². The molecule has 2 aromatic carbocycles. The van der Waals surface area contributed by atoms with E-state index in [-0.39, 0.29) is 22.6 Å². The maximum Gasteiger partial charge on any atom is 0.338 e.